The lowest BCUT2D eigenvalue weighted by molar-refractivity contribution is -0.137. The van der Waals surface area contributed by atoms with E-state index in [0.717, 1.165) is 12.1 Å². The van der Waals surface area contributed by atoms with E-state index in [4.69, 9.17) is 16.9 Å². The van der Waals surface area contributed by atoms with Crippen molar-refractivity contribution in [2.45, 2.75) is 6.18 Å². The molecular formula is C18H10ClF3N4. The Balaban J connectivity index is 1.97. The first-order valence-electron chi connectivity index (χ1n) is 7.34. The van der Waals surface area contributed by atoms with Crippen molar-refractivity contribution >= 4 is 23.1 Å². The van der Waals surface area contributed by atoms with Crippen LogP contribution in [0.1, 0.15) is 11.1 Å². The molecule has 0 atom stereocenters. The summed E-state index contributed by atoms with van der Waals surface area (Å²) in [5, 5.41) is 12.0. The summed E-state index contributed by atoms with van der Waals surface area (Å²) in [5.74, 6) is 0.357. The Morgan fingerprint density at radius 2 is 1.77 bits per heavy atom. The van der Waals surface area contributed by atoms with Crippen molar-refractivity contribution in [3.8, 4) is 17.5 Å². The second kappa shape index (κ2) is 7.02. The predicted octanol–water partition coefficient (Wildman–Crippen LogP) is 5.43. The smallest absolute Gasteiger partial charge is 0.340 e. The van der Waals surface area contributed by atoms with Crippen LogP contribution in [0.5, 0.6) is 0 Å². The number of nitrogens with zero attached hydrogens (tertiary/aromatic N) is 3. The highest BCUT2D eigenvalue weighted by Crippen LogP contribution is 2.32. The summed E-state index contributed by atoms with van der Waals surface area (Å²) < 4.78 is 38.7. The van der Waals surface area contributed by atoms with Gasteiger partial charge in [-0.3, -0.25) is 0 Å². The first kappa shape index (κ1) is 17.7. The molecule has 1 heterocycles. The van der Waals surface area contributed by atoms with E-state index in [0.29, 0.717) is 17.1 Å². The first-order chi connectivity index (χ1) is 12.3. The third-order valence-corrected chi connectivity index (χ3v) is 3.60. The molecule has 1 aromatic heterocycles. The third-order valence-electron chi connectivity index (χ3n) is 3.41. The maximum Gasteiger partial charge on any atom is 0.416 e. The summed E-state index contributed by atoms with van der Waals surface area (Å²) in [6.07, 6.45) is -4.46. The van der Waals surface area contributed by atoms with Crippen molar-refractivity contribution in [2.24, 2.45) is 0 Å². The monoisotopic (exact) mass is 374 g/mol. The molecule has 0 aliphatic heterocycles. The number of aromatic nitrogens is 2. The molecular weight excluding hydrogens is 365 g/mol. The van der Waals surface area contributed by atoms with Gasteiger partial charge in [-0.25, -0.2) is 9.97 Å². The number of hydrogen-bond acceptors (Lipinski definition) is 4. The molecule has 130 valence electrons. The molecule has 0 saturated heterocycles. The highest BCUT2D eigenvalue weighted by Gasteiger charge is 2.30. The lowest BCUT2D eigenvalue weighted by Gasteiger charge is -2.10. The third kappa shape index (κ3) is 4.10. The fourth-order valence-corrected chi connectivity index (χ4v) is 2.44. The molecule has 26 heavy (non-hydrogen) atoms. The maximum atomic E-state index is 12.9. The van der Waals surface area contributed by atoms with Crippen LogP contribution in [-0.4, -0.2) is 9.97 Å². The summed E-state index contributed by atoms with van der Waals surface area (Å²) in [6.45, 7) is 0. The normalized spacial score (nSPS) is 11.0. The van der Waals surface area contributed by atoms with Crippen molar-refractivity contribution in [1.82, 2.24) is 9.97 Å². The van der Waals surface area contributed by atoms with Crippen LogP contribution in [0.25, 0.3) is 11.4 Å². The Hall–Kier alpha value is -3.11. The Labute approximate surface area is 151 Å². The molecule has 8 heteroatoms. The Morgan fingerprint density at radius 3 is 2.50 bits per heavy atom. The summed E-state index contributed by atoms with van der Waals surface area (Å²) in [7, 11) is 0. The fraction of sp³-hybridized carbons (Fsp3) is 0.0556. The molecule has 0 spiro atoms. The average Bonchev–Trinajstić information content (AvgIpc) is 2.61. The molecule has 3 aromatic rings. The van der Waals surface area contributed by atoms with Crippen molar-refractivity contribution in [1.29, 1.82) is 5.26 Å². The molecule has 0 unspecified atom stereocenters. The van der Waals surface area contributed by atoms with Gasteiger partial charge in [-0.05, 0) is 30.3 Å². The molecule has 2 aromatic carbocycles. The maximum absolute atomic E-state index is 12.9. The second-order valence-corrected chi connectivity index (χ2v) is 5.68. The Kier molecular flexibility index (Phi) is 4.78. The van der Waals surface area contributed by atoms with Crippen molar-refractivity contribution in [3.05, 3.63) is 70.9 Å². The topological polar surface area (TPSA) is 61.6 Å². The van der Waals surface area contributed by atoms with Crippen LogP contribution in [0.4, 0.5) is 24.7 Å². The van der Waals surface area contributed by atoms with Crippen LogP contribution >= 0.6 is 11.6 Å². The predicted molar refractivity (Wildman–Crippen MR) is 91.9 cm³/mol. The molecule has 0 aliphatic carbocycles. The highest BCUT2D eigenvalue weighted by atomic mass is 35.5. The van der Waals surface area contributed by atoms with Gasteiger partial charge in [0.2, 0.25) is 0 Å². The van der Waals surface area contributed by atoms with Crippen LogP contribution < -0.4 is 5.32 Å². The summed E-state index contributed by atoms with van der Waals surface area (Å²) in [6, 6.07) is 14.8. The SMILES string of the molecule is N#Cc1cccc(Nc2cc(Cl)nc(-c3cccc(C(F)(F)F)c3)n2)c1. The van der Waals surface area contributed by atoms with E-state index in [1.54, 1.807) is 24.3 Å². The number of alkyl halides is 3. The van der Waals surface area contributed by atoms with Gasteiger partial charge in [-0.1, -0.05) is 29.8 Å². The quantitative estimate of drug-likeness (QED) is 0.621. The molecule has 1 N–H and O–H groups in total. The average molecular weight is 375 g/mol. The zero-order valence-corrected chi connectivity index (χ0v) is 13.8. The van der Waals surface area contributed by atoms with E-state index in [-0.39, 0.29) is 16.5 Å². The van der Waals surface area contributed by atoms with Gasteiger partial charge in [0, 0.05) is 17.3 Å². The van der Waals surface area contributed by atoms with Gasteiger partial charge in [0.15, 0.2) is 5.82 Å². The zero-order chi connectivity index (χ0) is 18.7. The van der Waals surface area contributed by atoms with Crippen LogP contribution in [-0.2, 0) is 6.18 Å². The molecule has 0 radical (unpaired) electrons. The van der Waals surface area contributed by atoms with Crippen molar-refractivity contribution < 1.29 is 13.2 Å². The van der Waals surface area contributed by atoms with E-state index in [1.807, 2.05) is 6.07 Å². The van der Waals surface area contributed by atoms with Crippen LogP contribution in [0, 0.1) is 11.3 Å². The molecule has 0 fully saturated rings. The molecule has 4 nitrogen and oxygen atoms in total. The Bertz CT molecular complexity index is 996. The zero-order valence-electron chi connectivity index (χ0n) is 13.0. The van der Waals surface area contributed by atoms with Gasteiger partial charge in [-0.15, -0.1) is 0 Å². The standard InChI is InChI=1S/C18H10ClF3N4/c19-15-9-16(24-14-6-1-3-11(7-14)10-23)26-17(25-15)12-4-2-5-13(8-12)18(20,21)22/h1-9H,(H,24,25,26). The second-order valence-electron chi connectivity index (χ2n) is 5.30. The molecule has 0 aliphatic rings. The van der Waals surface area contributed by atoms with E-state index >= 15 is 0 Å². The molecule has 0 bridgehead atoms. The van der Waals surface area contributed by atoms with Gasteiger partial charge < -0.3 is 5.32 Å². The van der Waals surface area contributed by atoms with Crippen LogP contribution in [0.15, 0.2) is 54.6 Å². The number of hydrogen-bond donors (Lipinski definition) is 1. The van der Waals surface area contributed by atoms with Crippen LogP contribution in [0.3, 0.4) is 0 Å². The van der Waals surface area contributed by atoms with E-state index < -0.39 is 11.7 Å². The van der Waals surface area contributed by atoms with Gasteiger partial charge in [-0.2, -0.15) is 18.4 Å². The summed E-state index contributed by atoms with van der Waals surface area (Å²) in [5.41, 5.74) is 0.438. The lowest BCUT2D eigenvalue weighted by atomic mass is 10.1. The number of rotatable bonds is 3. The fourth-order valence-electron chi connectivity index (χ4n) is 2.26. The van der Waals surface area contributed by atoms with E-state index in [1.165, 1.54) is 18.2 Å². The van der Waals surface area contributed by atoms with Gasteiger partial charge in [0.25, 0.3) is 0 Å². The summed E-state index contributed by atoms with van der Waals surface area (Å²) in [4.78, 5) is 8.22. The number of benzene rings is 2. The van der Waals surface area contributed by atoms with Crippen molar-refractivity contribution in [3.63, 3.8) is 0 Å². The van der Waals surface area contributed by atoms with Crippen molar-refractivity contribution in [2.75, 3.05) is 5.32 Å². The first-order valence-corrected chi connectivity index (χ1v) is 7.72. The minimum Gasteiger partial charge on any atom is -0.340 e. The van der Waals surface area contributed by atoms with Gasteiger partial charge in [0.1, 0.15) is 11.0 Å². The minimum absolute atomic E-state index is 0.0579. The number of halogens is 4. The van der Waals surface area contributed by atoms with E-state index in [2.05, 4.69) is 15.3 Å². The minimum atomic E-state index is -4.46. The van der Waals surface area contributed by atoms with Gasteiger partial charge >= 0.3 is 6.18 Å². The Morgan fingerprint density at radius 1 is 1.00 bits per heavy atom. The summed E-state index contributed by atoms with van der Waals surface area (Å²) >= 11 is 5.99. The molecule has 3 rings (SSSR count). The molecule has 0 saturated carbocycles. The largest absolute Gasteiger partial charge is 0.416 e. The number of anilines is 2. The van der Waals surface area contributed by atoms with E-state index in [9.17, 15) is 13.2 Å². The molecule has 0 amide bonds. The lowest BCUT2D eigenvalue weighted by Crippen LogP contribution is -2.05. The highest BCUT2D eigenvalue weighted by molar-refractivity contribution is 6.29. The number of nitrogens with one attached hydrogen (secondary N) is 1. The van der Waals surface area contributed by atoms with Crippen LogP contribution in [0.2, 0.25) is 5.15 Å². The van der Waals surface area contributed by atoms with Gasteiger partial charge in [0.05, 0.1) is 17.2 Å². The number of nitriles is 1.